The zero-order chi connectivity index (χ0) is 15.1. The van der Waals surface area contributed by atoms with Crippen LogP contribution in [0.2, 0.25) is 0 Å². The summed E-state index contributed by atoms with van der Waals surface area (Å²) in [5.74, 6) is 2.45. The molecule has 1 aliphatic heterocycles. The second kappa shape index (κ2) is 9.94. The molecule has 1 fully saturated rings. The SMILES string of the molecule is CCc1cccc(NC(=O)CN=C(N)N2CCSCC2)c1.I. The molecule has 2 rings (SSSR count). The van der Waals surface area contributed by atoms with E-state index in [2.05, 4.69) is 17.2 Å². The van der Waals surface area contributed by atoms with E-state index in [1.165, 1.54) is 5.56 Å². The van der Waals surface area contributed by atoms with Crippen LogP contribution >= 0.6 is 35.7 Å². The number of hydrogen-bond donors (Lipinski definition) is 2. The number of carbonyl (C=O) groups is 1. The highest BCUT2D eigenvalue weighted by atomic mass is 127. The fraction of sp³-hybridized carbons (Fsp3) is 0.467. The Kier molecular flexibility index (Phi) is 8.62. The highest BCUT2D eigenvalue weighted by Crippen LogP contribution is 2.11. The van der Waals surface area contributed by atoms with E-state index in [0.717, 1.165) is 36.7 Å². The molecule has 1 aromatic rings. The average Bonchev–Trinajstić information content (AvgIpc) is 2.53. The molecule has 0 atom stereocenters. The van der Waals surface area contributed by atoms with Crippen LogP contribution in [0.5, 0.6) is 0 Å². The smallest absolute Gasteiger partial charge is 0.246 e. The minimum absolute atomic E-state index is 0. The van der Waals surface area contributed by atoms with Crippen molar-refractivity contribution in [2.24, 2.45) is 10.7 Å². The number of anilines is 1. The summed E-state index contributed by atoms with van der Waals surface area (Å²) in [6.45, 7) is 3.95. The molecule has 1 heterocycles. The van der Waals surface area contributed by atoms with Crippen molar-refractivity contribution in [1.82, 2.24) is 4.90 Å². The minimum atomic E-state index is -0.141. The van der Waals surface area contributed by atoms with Gasteiger partial charge in [0, 0.05) is 30.3 Å². The molecule has 0 aromatic heterocycles. The lowest BCUT2D eigenvalue weighted by Gasteiger charge is -2.27. The number of thioether (sulfide) groups is 1. The third-order valence-electron chi connectivity index (χ3n) is 3.34. The van der Waals surface area contributed by atoms with Gasteiger partial charge in [0.05, 0.1) is 0 Å². The molecule has 3 N–H and O–H groups in total. The first-order valence-corrected chi connectivity index (χ1v) is 8.36. The third-order valence-corrected chi connectivity index (χ3v) is 4.28. The fourth-order valence-corrected chi connectivity index (χ4v) is 3.02. The van der Waals surface area contributed by atoms with Crippen LogP contribution < -0.4 is 11.1 Å². The molecule has 1 saturated heterocycles. The quantitative estimate of drug-likeness (QED) is 0.433. The first-order valence-electron chi connectivity index (χ1n) is 7.20. The van der Waals surface area contributed by atoms with Crippen LogP contribution in [0.1, 0.15) is 12.5 Å². The van der Waals surface area contributed by atoms with Gasteiger partial charge < -0.3 is 16.0 Å². The Morgan fingerprint density at radius 2 is 2.14 bits per heavy atom. The van der Waals surface area contributed by atoms with Gasteiger partial charge in [-0.15, -0.1) is 24.0 Å². The number of nitrogens with zero attached hydrogens (tertiary/aromatic N) is 2. The largest absolute Gasteiger partial charge is 0.370 e. The molecule has 0 bridgehead atoms. The van der Waals surface area contributed by atoms with Gasteiger partial charge in [0.2, 0.25) is 5.91 Å². The predicted molar refractivity (Wildman–Crippen MR) is 105 cm³/mol. The van der Waals surface area contributed by atoms with Crippen LogP contribution in [0.15, 0.2) is 29.3 Å². The number of carbonyl (C=O) groups excluding carboxylic acids is 1. The second-order valence-electron chi connectivity index (χ2n) is 4.88. The number of aryl methyl sites for hydroxylation is 1. The number of halogens is 1. The van der Waals surface area contributed by atoms with Gasteiger partial charge >= 0.3 is 0 Å². The molecule has 7 heteroatoms. The molecular weight excluding hydrogens is 411 g/mol. The summed E-state index contributed by atoms with van der Waals surface area (Å²) in [6, 6.07) is 7.84. The maximum atomic E-state index is 11.9. The number of amides is 1. The maximum absolute atomic E-state index is 11.9. The first kappa shape index (κ1) is 19.1. The summed E-state index contributed by atoms with van der Waals surface area (Å²) in [6.07, 6.45) is 0.946. The van der Waals surface area contributed by atoms with Crippen molar-refractivity contribution in [3.63, 3.8) is 0 Å². The van der Waals surface area contributed by atoms with Crippen LogP contribution in [0, 0.1) is 0 Å². The highest BCUT2D eigenvalue weighted by molar-refractivity contribution is 14.0. The van der Waals surface area contributed by atoms with Gasteiger partial charge in [-0.3, -0.25) is 4.79 Å². The van der Waals surface area contributed by atoms with Crippen molar-refractivity contribution >= 4 is 53.3 Å². The van der Waals surface area contributed by atoms with Gasteiger partial charge in [-0.25, -0.2) is 4.99 Å². The molecule has 22 heavy (non-hydrogen) atoms. The van der Waals surface area contributed by atoms with Gasteiger partial charge in [0.15, 0.2) is 5.96 Å². The molecule has 0 spiro atoms. The Balaban J connectivity index is 0.00000242. The lowest BCUT2D eigenvalue weighted by atomic mass is 10.1. The predicted octanol–water partition coefficient (Wildman–Crippen LogP) is 2.17. The lowest BCUT2D eigenvalue weighted by Crippen LogP contribution is -2.43. The van der Waals surface area contributed by atoms with Gasteiger partial charge in [0.25, 0.3) is 0 Å². The van der Waals surface area contributed by atoms with E-state index in [4.69, 9.17) is 5.73 Å². The van der Waals surface area contributed by atoms with Crippen molar-refractivity contribution in [2.75, 3.05) is 36.5 Å². The number of nitrogens with one attached hydrogen (secondary N) is 1. The Hall–Kier alpha value is -0.960. The number of hydrogen-bond acceptors (Lipinski definition) is 3. The zero-order valence-corrected chi connectivity index (χ0v) is 15.9. The van der Waals surface area contributed by atoms with E-state index in [1.807, 2.05) is 40.9 Å². The molecule has 1 aromatic carbocycles. The average molecular weight is 434 g/mol. The lowest BCUT2D eigenvalue weighted by molar-refractivity contribution is -0.114. The summed E-state index contributed by atoms with van der Waals surface area (Å²) >= 11 is 1.91. The van der Waals surface area contributed by atoms with E-state index in [0.29, 0.717) is 5.96 Å². The first-order chi connectivity index (χ1) is 10.2. The molecule has 122 valence electrons. The Morgan fingerprint density at radius 3 is 2.82 bits per heavy atom. The van der Waals surface area contributed by atoms with Crippen LogP contribution in [-0.2, 0) is 11.2 Å². The number of rotatable bonds is 4. The molecular formula is C15H23IN4OS. The van der Waals surface area contributed by atoms with E-state index in [9.17, 15) is 4.79 Å². The van der Waals surface area contributed by atoms with Crippen LogP contribution in [0.25, 0.3) is 0 Å². The molecule has 5 nitrogen and oxygen atoms in total. The van der Waals surface area contributed by atoms with E-state index in [-0.39, 0.29) is 36.4 Å². The number of benzene rings is 1. The van der Waals surface area contributed by atoms with Gasteiger partial charge in [-0.2, -0.15) is 11.8 Å². The number of nitrogens with two attached hydrogens (primary N) is 1. The Morgan fingerprint density at radius 1 is 1.41 bits per heavy atom. The summed E-state index contributed by atoms with van der Waals surface area (Å²) < 4.78 is 0. The minimum Gasteiger partial charge on any atom is -0.370 e. The monoisotopic (exact) mass is 434 g/mol. The van der Waals surface area contributed by atoms with Crippen molar-refractivity contribution in [3.05, 3.63) is 29.8 Å². The number of aliphatic imine (C=N–C) groups is 1. The van der Waals surface area contributed by atoms with E-state index in [1.54, 1.807) is 0 Å². The van der Waals surface area contributed by atoms with Crippen molar-refractivity contribution in [2.45, 2.75) is 13.3 Å². The Bertz CT molecular complexity index is 518. The van der Waals surface area contributed by atoms with E-state index >= 15 is 0 Å². The van der Waals surface area contributed by atoms with Crippen molar-refractivity contribution in [1.29, 1.82) is 0 Å². The number of guanidine groups is 1. The van der Waals surface area contributed by atoms with Crippen LogP contribution in [0.4, 0.5) is 5.69 Å². The normalized spacial score (nSPS) is 15.1. The highest BCUT2D eigenvalue weighted by Gasteiger charge is 2.12. The van der Waals surface area contributed by atoms with Gasteiger partial charge in [0.1, 0.15) is 6.54 Å². The second-order valence-corrected chi connectivity index (χ2v) is 6.10. The molecule has 0 unspecified atom stereocenters. The van der Waals surface area contributed by atoms with Gasteiger partial charge in [-0.1, -0.05) is 19.1 Å². The topological polar surface area (TPSA) is 70.7 Å². The molecule has 1 aliphatic rings. The Labute approximate surface area is 153 Å². The molecule has 0 radical (unpaired) electrons. The standard InChI is InChI=1S/C15H22N4OS.HI/c1-2-12-4-3-5-13(10-12)18-14(20)11-17-15(16)19-6-8-21-9-7-19;/h3-5,10H,2,6-9,11H2,1H3,(H2,16,17)(H,18,20);1H. The summed E-state index contributed by atoms with van der Waals surface area (Å²) in [5.41, 5.74) is 7.93. The molecule has 1 amide bonds. The van der Waals surface area contributed by atoms with Gasteiger partial charge in [-0.05, 0) is 24.1 Å². The van der Waals surface area contributed by atoms with E-state index < -0.39 is 0 Å². The van der Waals surface area contributed by atoms with Crippen LogP contribution in [0.3, 0.4) is 0 Å². The van der Waals surface area contributed by atoms with Crippen molar-refractivity contribution < 1.29 is 4.79 Å². The third kappa shape index (κ3) is 6.04. The van der Waals surface area contributed by atoms with Crippen LogP contribution in [-0.4, -0.2) is 47.9 Å². The molecule has 0 saturated carbocycles. The maximum Gasteiger partial charge on any atom is 0.246 e. The molecule has 0 aliphatic carbocycles. The fourth-order valence-electron chi connectivity index (χ4n) is 2.11. The summed E-state index contributed by atoms with van der Waals surface area (Å²) in [5, 5.41) is 2.85. The zero-order valence-electron chi connectivity index (χ0n) is 12.7. The van der Waals surface area contributed by atoms with Crippen molar-refractivity contribution in [3.8, 4) is 0 Å². The summed E-state index contributed by atoms with van der Waals surface area (Å²) in [7, 11) is 0. The summed E-state index contributed by atoms with van der Waals surface area (Å²) in [4.78, 5) is 18.1.